The van der Waals surface area contributed by atoms with Gasteiger partial charge in [0.05, 0.1) is 5.69 Å². The third-order valence-corrected chi connectivity index (χ3v) is 3.95. The van der Waals surface area contributed by atoms with Gasteiger partial charge in [-0.3, -0.25) is 9.79 Å². The Hall–Kier alpha value is -3.20. The van der Waals surface area contributed by atoms with Gasteiger partial charge in [0.1, 0.15) is 5.75 Å². The first-order valence-electron chi connectivity index (χ1n) is 8.13. The molecule has 3 aromatic rings. The molecule has 0 aromatic heterocycles. The summed E-state index contributed by atoms with van der Waals surface area (Å²) in [5.41, 5.74) is 4.27. The fourth-order valence-electron chi connectivity index (χ4n) is 2.60. The third-order valence-electron chi connectivity index (χ3n) is 3.95. The number of phenols is 1. The molecule has 0 saturated heterocycles. The highest BCUT2D eigenvalue weighted by atomic mass is 16.3. The highest BCUT2D eigenvalue weighted by molar-refractivity contribution is 5.95. The standard InChI is InChI=1S/C22H19NO2/c1-16(24)19-8-5-9-21(14-19)23-15-20-13-18(10-11-22(20)25)12-17-6-3-2-4-7-17/h2-11,13-15,25H,12H2,1H3. The average molecular weight is 329 g/mol. The minimum Gasteiger partial charge on any atom is -0.507 e. The van der Waals surface area contributed by atoms with Gasteiger partial charge in [0.2, 0.25) is 0 Å². The second-order valence-corrected chi connectivity index (χ2v) is 5.92. The Morgan fingerprint density at radius 3 is 2.52 bits per heavy atom. The fourth-order valence-corrected chi connectivity index (χ4v) is 2.60. The molecular formula is C22H19NO2. The van der Waals surface area contributed by atoms with Crippen molar-refractivity contribution in [3.8, 4) is 5.75 Å². The van der Waals surface area contributed by atoms with Crippen LogP contribution in [0.3, 0.4) is 0 Å². The van der Waals surface area contributed by atoms with Crippen LogP contribution in [0.1, 0.15) is 34.0 Å². The van der Waals surface area contributed by atoms with Gasteiger partial charge in [-0.1, -0.05) is 48.5 Å². The van der Waals surface area contributed by atoms with E-state index >= 15 is 0 Å². The van der Waals surface area contributed by atoms with Gasteiger partial charge in [0.25, 0.3) is 0 Å². The van der Waals surface area contributed by atoms with Crippen LogP contribution in [0.15, 0.2) is 77.8 Å². The predicted octanol–water partition coefficient (Wildman–Crippen LogP) is 4.94. The first-order chi connectivity index (χ1) is 12.1. The Bertz CT molecular complexity index is 914. The molecule has 25 heavy (non-hydrogen) atoms. The van der Waals surface area contributed by atoms with E-state index in [0.29, 0.717) is 16.8 Å². The summed E-state index contributed by atoms with van der Waals surface area (Å²) in [6, 6.07) is 22.8. The lowest BCUT2D eigenvalue weighted by atomic mass is 10.0. The number of Topliss-reactive ketones (excluding diaryl/α,β-unsaturated/α-hetero) is 1. The Kier molecular flexibility index (Phi) is 5.05. The van der Waals surface area contributed by atoms with Gasteiger partial charge >= 0.3 is 0 Å². The van der Waals surface area contributed by atoms with Crippen molar-refractivity contribution in [2.75, 3.05) is 0 Å². The Morgan fingerprint density at radius 1 is 0.960 bits per heavy atom. The van der Waals surface area contributed by atoms with Gasteiger partial charge in [-0.15, -0.1) is 0 Å². The molecule has 0 aliphatic carbocycles. The van der Waals surface area contributed by atoms with E-state index in [1.54, 1.807) is 30.5 Å². The van der Waals surface area contributed by atoms with Crippen molar-refractivity contribution in [3.05, 3.63) is 95.1 Å². The Morgan fingerprint density at radius 2 is 1.76 bits per heavy atom. The molecule has 3 heteroatoms. The lowest BCUT2D eigenvalue weighted by Crippen LogP contribution is -1.91. The molecule has 0 aliphatic rings. The van der Waals surface area contributed by atoms with Crippen molar-refractivity contribution in [1.82, 2.24) is 0 Å². The molecule has 3 nitrogen and oxygen atoms in total. The van der Waals surface area contributed by atoms with Crippen LogP contribution in [-0.4, -0.2) is 17.1 Å². The molecular weight excluding hydrogens is 310 g/mol. The summed E-state index contributed by atoms with van der Waals surface area (Å²) in [7, 11) is 0. The molecule has 0 unspecified atom stereocenters. The monoisotopic (exact) mass is 329 g/mol. The maximum atomic E-state index is 11.5. The maximum Gasteiger partial charge on any atom is 0.159 e. The number of ketones is 1. The highest BCUT2D eigenvalue weighted by Gasteiger charge is 2.03. The summed E-state index contributed by atoms with van der Waals surface area (Å²) >= 11 is 0. The molecule has 124 valence electrons. The number of aliphatic imine (C=N–C) groups is 1. The summed E-state index contributed by atoms with van der Waals surface area (Å²) < 4.78 is 0. The molecule has 1 N–H and O–H groups in total. The number of hydrogen-bond acceptors (Lipinski definition) is 3. The van der Waals surface area contributed by atoms with Crippen LogP contribution < -0.4 is 0 Å². The number of carbonyl (C=O) groups excluding carboxylic acids is 1. The summed E-state index contributed by atoms with van der Waals surface area (Å²) in [6.07, 6.45) is 2.42. The van der Waals surface area contributed by atoms with Crippen molar-refractivity contribution in [2.45, 2.75) is 13.3 Å². The van der Waals surface area contributed by atoms with Crippen molar-refractivity contribution >= 4 is 17.7 Å². The molecule has 0 fully saturated rings. The van der Waals surface area contributed by atoms with Gasteiger partial charge in [-0.2, -0.15) is 0 Å². The normalized spacial score (nSPS) is 10.9. The van der Waals surface area contributed by atoms with Crippen LogP contribution in [0.5, 0.6) is 5.75 Å². The second kappa shape index (κ2) is 7.58. The number of nitrogens with zero attached hydrogens (tertiary/aromatic N) is 1. The summed E-state index contributed by atoms with van der Waals surface area (Å²) in [5.74, 6) is 0.188. The zero-order chi connectivity index (χ0) is 17.6. The van der Waals surface area contributed by atoms with Crippen molar-refractivity contribution in [2.24, 2.45) is 4.99 Å². The van der Waals surface area contributed by atoms with Crippen LogP contribution >= 0.6 is 0 Å². The largest absolute Gasteiger partial charge is 0.507 e. The van der Waals surface area contributed by atoms with Crippen LogP contribution in [-0.2, 0) is 6.42 Å². The van der Waals surface area contributed by atoms with Gasteiger partial charge in [0, 0.05) is 17.3 Å². The minimum absolute atomic E-state index is 0.00440. The predicted molar refractivity (Wildman–Crippen MR) is 101 cm³/mol. The zero-order valence-electron chi connectivity index (χ0n) is 14.0. The number of benzene rings is 3. The molecule has 0 amide bonds. The van der Waals surface area contributed by atoms with E-state index in [2.05, 4.69) is 17.1 Å². The molecule has 0 radical (unpaired) electrons. The van der Waals surface area contributed by atoms with Crippen LogP contribution in [0.4, 0.5) is 5.69 Å². The SMILES string of the molecule is CC(=O)c1cccc(N=Cc2cc(Cc3ccccc3)ccc2O)c1. The molecule has 0 spiro atoms. The van der Waals surface area contributed by atoms with Gasteiger partial charge in [0.15, 0.2) is 5.78 Å². The summed E-state index contributed by atoms with van der Waals surface area (Å²) in [5, 5.41) is 10.1. The first kappa shape index (κ1) is 16.7. The summed E-state index contributed by atoms with van der Waals surface area (Å²) in [4.78, 5) is 15.8. The molecule has 0 aliphatic heterocycles. The van der Waals surface area contributed by atoms with E-state index in [0.717, 1.165) is 12.0 Å². The van der Waals surface area contributed by atoms with Gasteiger partial charge in [-0.25, -0.2) is 0 Å². The highest BCUT2D eigenvalue weighted by Crippen LogP contribution is 2.21. The van der Waals surface area contributed by atoms with E-state index in [1.807, 2.05) is 36.4 Å². The first-order valence-corrected chi connectivity index (χ1v) is 8.13. The van der Waals surface area contributed by atoms with Crippen LogP contribution in [0.2, 0.25) is 0 Å². The second-order valence-electron chi connectivity index (χ2n) is 5.92. The van der Waals surface area contributed by atoms with Gasteiger partial charge in [-0.05, 0) is 48.7 Å². The fraction of sp³-hybridized carbons (Fsp3) is 0.0909. The third kappa shape index (κ3) is 4.42. The minimum atomic E-state index is 0.00440. The molecule has 0 atom stereocenters. The summed E-state index contributed by atoms with van der Waals surface area (Å²) in [6.45, 7) is 1.53. The quantitative estimate of drug-likeness (QED) is 0.532. The van der Waals surface area contributed by atoms with E-state index in [-0.39, 0.29) is 11.5 Å². The van der Waals surface area contributed by atoms with Crippen LogP contribution in [0.25, 0.3) is 0 Å². The number of rotatable bonds is 5. The van der Waals surface area contributed by atoms with E-state index in [4.69, 9.17) is 0 Å². The average Bonchev–Trinajstić information content (AvgIpc) is 2.63. The number of aromatic hydroxyl groups is 1. The Balaban J connectivity index is 1.83. The molecule has 0 saturated carbocycles. The molecule has 0 heterocycles. The van der Waals surface area contributed by atoms with E-state index < -0.39 is 0 Å². The smallest absolute Gasteiger partial charge is 0.159 e. The number of carbonyl (C=O) groups is 1. The van der Waals surface area contributed by atoms with Crippen molar-refractivity contribution in [1.29, 1.82) is 0 Å². The Labute approximate surface area is 147 Å². The lowest BCUT2D eigenvalue weighted by Gasteiger charge is -2.05. The molecule has 3 aromatic carbocycles. The topological polar surface area (TPSA) is 49.7 Å². The number of phenolic OH excluding ortho intramolecular Hbond substituents is 1. The molecule has 3 rings (SSSR count). The van der Waals surface area contributed by atoms with Crippen molar-refractivity contribution in [3.63, 3.8) is 0 Å². The maximum absolute atomic E-state index is 11.5. The zero-order valence-corrected chi connectivity index (χ0v) is 14.0. The lowest BCUT2D eigenvalue weighted by molar-refractivity contribution is 0.101. The van der Waals surface area contributed by atoms with E-state index in [9.17, 15) is 9.90 Å². The van der Waals surface area contributed by atoms with E-state index in [1.165, 1.54) is 12.5 Å². The van der Waals surface area contributed by atoms with Crippen molar-refractivity contribution < 1.29 is 9.90 Å². The number of hydrogen-bond donors (Lipinski definition) is 1. The van der Waals surface area contributed by atoms with Crippen LogP contribution in [0, 0.1) is 0 Å². The molecule has 0 bridgehead atoms. The van der Waals surface area contributed by atoms with Gasteiger partial charge < -0.3 is 5.11 Å².